The van der Waals surface area contributed by atoms with Crippen LogP contribution in [0, 0.1) is 11.3 Å². The van der Waals surface area contributed by atoms with Crippen molar-refractivity contribution >= 4 is 5.96 Å². The van der Waals surface area contributed by atoms with Crippen molar-refractivity contribution in [2.45, 2.75) is 31.3 Å². The highest BCUT2D eigenvalue weighted by Gasteiger charge is 2.52. The normalized spacial score (nSPS) is 39.4. The van der Waals surface area contributed by atoms with Gasteiger partial charge in [0.25, 0.3) is 0 Å². The van der Waals surface area contributed by atoms with E-state index in [1.54, 1.807) is 0 Å². The Hall–Kier alpha value is -1.07. The van der Waals surface area contributed by atoms with E-state index in [4.69, 9.17) is 11.5 Å². The molecule has 0 amide bonds. The summed E-state index contributed by atoms with van der Waals surface area (Å²) in [6, 6.07) is 0. The number of aliphatic imine (C=N–C) groups is 1. The first kappa shape index (κ1) is 11.0. The summed E-state index contributed by atoms with van der Waals surface area (Å²) in [5, 5.41) is 6.38. The van der Waals surface area contributed by atoms with Gasteiger partial charge in [0.1, 0.15) is 5.66 Å². The maximum atomic E-state index is 6.47. The Morgan fingerprint density at radius 1 is 1.35 bits per heavy atom. The number of nitrogens with two attached hydrogens (primary N) is 2. The third-order valence-electron chi connectivity index (χ3n) is 4.62. The lowest BCUT2D eigenvalue weighted by Crippen LogP contribution is -2.54. The summed E-state index contributed by atoms with van der Waals surface area (Å²) in [6.07, 6.45) is 8.94. The second-order valence-corrected chi connectivity index (χ2v) is 5.61. The van der Waals surface area contributed by atoms with E-state index in [0.29, 0.717) is 17.3 Å². The molecule has 1 aliphatic carbocycles. The quantitative estimate of drug-likeness (QED) is 0.509. The van der Waals surface area contributed by atoms with E-state index in [1.807, 2.05) is 12.3 Å². The fraction of sp³-hybridized carbons (Fsp3) is 0.750. The van der Waals surface area contributed by atoms with E-state index in [2.05, 4.69) is 15.6 Å². The van der Waals surface area contributed by atoms with Crippen molar-refractivity contribution in [3.05, 3.63) is 12.3 Å². The number of nitrogens with zero attached hydrogens (tertiary/aromatic N) is 1. The van der Waals surface area contributed by atoms with Gasteiger partial charge in [0.15, 0.2) is 5.96 Å². The molecular formula is C12H21N5. The zero-order chi connectivity index (χ0) is 11.9. The molecule has 94 valence electrons. The SMILES string of the molecule is NC1=NC(N)(C2CNCC23CCCC3)C=CN1. The largest absolute Gasteiger partial charge is 0.370 e. The van der Waals surface area contributed by atoms with Gasteiger partial charge >= 0.3 is 0 Å². The average Bonchev–Trinajstić information content (AvgIpc) is 2.89. The highest BCUT2D eigenvalue weighted by molar-refractivity contribution is 5.80. The summed E-state index contributed by atoms with van der Waals surface area (Å²) >= 11 is 0. The third kappa shape index (κ3) is 1.65. The van der Waals surface area contributed by atoms with Crippen molar-refractivity contribution in [3.63, 3.8) is 0 Å². The summed E-state index contributed by atoms with van der Waals surface area (Å²) < 4.78 is 0. The van der Waals surface area contributed by atoms with E-state index in [9.17, 15) is 0 Å². The topological polar surface area (TPSA) is 88.5 Å². The first-order valence-electron chi connectivity index (χ1n) is 6.44. The van der Waals surface area contributed by atoms with Crippen molar-refractivity contribution in [1.29, 1.82) is 0 Å². The predicted molar refractivity (Wildman–Crippen MR) is 68.1 cm³/mol. The van der Waals surface area contributed by atoms with E-state index in [1.165, 1.54) is 25.7 Å². The predicted octanol–water partition coefficient (Wildman–Crippen LogP) is -0.147. The summed E-state index contributed by atoms with van der Waals surface area (Å²) in [5.74, 6) is 0.782. The molecule has 3 rings (SSSR count). The van der Waals surface area contributed by atoms with Crippen molar-refractivity contribution in [3.8, 4) is 0 Å². The Bertz CT molecular complexity index is 364. The van der Waals surface area contributed by atoms with Gasteiger partial charge in [0, 0.05) is 25.2 Å². The van der Waals surface area contributed by atoms with Crippen LogP contribution >= 0.6 is 0 Å². The standard InChI is InChI=1S/C12H21N5/c13-10-16-6-5-12(14,17-10)9-7-15-8-11(9)3-1-2-4-11/h5-6,9,15H,1-4,7-8,14H2,(H3,13,16,17). The van der Waals surface area contributed by atoms with Crippen LogP contribution in [0.2, 0.25) is 0 Å². The number of rotatable bonds is 1. The van der Waals surface area contributed by atoms with E-state index >= 15 is 0 Å². The Kier molecular flexibility index (Phi) is 2.41. The molecule has 1 spiro atoms. The van der Waals surface area contributed by atoms with E-state index < -0.39 is 5.66 Å². The second-order valence-electron chi connectivity index (χ2n) is 5.61. The summed E-state index contributed by atoms with van der Waals surface area (Å²) in [7, 11) is 0. The van der Waals surface area contributed by atoms with Gasteiger partial charge in [-0.15, -0.1) is 0 Å². The van der Waals surface area contributed by atoms with Crippen molar-refractivity contribution in [1.82, 2.24) is 10.6 Å². The Morgan fingerprint density at radius 3 is 2.82 bits per heavy atom. The zero-order valence-electron chi connectivity index (χ0n) is 10.1. The first-order chi connectivity index (χ1) is 8.15. The van der Waals surface area contributed by atoms with Gasteiger partial charge in [-0.1, -0.05) is 12.8 Å². The van der Waals surface area contributed by atoms with Crippen LogP contribution in [0.4, 0.5) is 0 Å². The average molecular weight is 235 g/mol. The molecule has 3 aliphatic rings. The smallest absolute Gasteiger partial charge is 0.194 e. The molecule has 0 bridgehead atoms. The van der Waals surface area contributed by atoms with Crippen molar-refractivity contribution in [2.75, 3.05) is 13.1 Å². The molecule has 0 aromatic heterocycles. The molecule has 5 nitrogen and oxygen atoms in total. The molecule has 0 aromatic rings. The second kappa shape index (κ2) is 3.71. The van der Waals surface area contributed by atoms with Gasteiger partial charge < -0.3 is 22.1 Å². The van der Waals surface area contributed by atoms with E-state index in [-0.39, 0.29) is 0 Å². The maximum Gasteiger partial charge on any atom is 0.194 e. The van der Waals surface area contributed by atoms with Crippen LogP contribution in [0.25, 0.3) is 0 Å². The van der Waals surface area contributed by atoms with Crippen LogP contribution in [-0.4, -0.2) is 24.7 Å². The van der Waals surface area contributed by atoms with Crippen molar-refractivity contribution in [2.24, 2.45) is 27.8 Å². The van der Waals surface area contributed by atoms with Crippen LogP contribution in [0.15, 0.2) is 17.3 Å². The highest BCUT2D eigenvalue weighted by Crippen LogP contribution is 2.50. The molecule has 5 heteroatoms. The Morgan fingerprint density at radius 2 is 2.12 bits per heavy atom. The van der Waals surface area contributed by atoms with Gasteiger partial charge in [0.05, 0.1) is 0 Å². The molecule has 1 saturated heterocycles. The minimum Gasteiger partial charge on any atom is -0.370 e. The maximum absolute atomic E-state index is 6.47. The molecule has 2 heterocycles. The molecule has 0 radical (unpaired) electrons. The molecule has 2 aliphatic heterocycles. The van der Waals surface area contributed by atoms with Gasteiger partial charge in [-0.3, -0.25) is 0 Å². The molecule has 0 aromatic carbocycles. The molecule has 17 heavy (non-hydrogen) atoms. The first-order valence-corrected chi connectivity index (χ1v) is 6.44. The van der Waals surface area contributed by atoms with Crippen LogP contribution in [-0.2, 0) is 0 Å². The lowest BCUT2D eigenvalue weighted by Gasteiger charge is -2.40. The third-order valence-corrected chi connectivity index (χ3v) is 4.62. The zero-order valence-corrected chi connectivity index (χ0v) is 10.1. The van der Waals surface area contributed by atoms with Gasteiger partial charge in [-0.05, 0) is 24.3 Å². The van der Waals surface area contributed by atoms with Gasteiger partial charge in [-0.25, -0.2) is 4.99 Å². The van der Waals surface area contributed by atoms with Crippen molar-refractivity contribution < 1.29 is 0 Å². The van der Waals surface area contributed by atoms with Crippen LogP contribution in [0.3, 0.4) is 0 Å². The summed E-state index contributed by atoms with van der Waals surface area (Å²) in [6.45, 7) is 2.02. The monoisotopic (exact) mass is 235 g/mol. The molecule has 1 saturated carbocycles. The number of guanidine groups is 1. The lowest BCUT2D eigenvalue weighted by molar-refractivity contribution is 0.166. The Labute approximate surface area is 102 Å². The minimum absolute atomic E-state index is 0.334. The summed E-state index contributed by atoms with van der Waals surface area (Å²) in [5.41, 5.74) is 11.9. The minimum atomic E-state index is -0.636. The highest BCUT2D eigenvalue weighted by atomic mass is 15.2. The van der Waals surface area contributed by atoms with E-state index in [0.717, 1.165) is 13.1 Å². The fourth-order valence-corrected chi connectivity index (χ4v) is 3.80. The molecule has 2 unspecified atom stereocenters. The molecule has 2 atom stereocenters. The molecular weight excluding hydrogens is 214 g/mol. The summed E-state index contributed by atoms with van der Waals surface area (Å²) in [4.78, 5) is 4.45. The fourth-order valence-electron chi connectivity index (χ4n) is 3.80. The van der Waals surface area contributed by atoms with Crippen LogP contribution in [0.5, 0.6) is 0 Å². The van der Waals surface area contributed by atoms with Crippen LogP contribution in [0.1, 0.15) is 25.7 Å². The molecule has 6 N–H and O–H groups in total. The van der Waals surface area contributed by atoms with Gasteiger partial charge in [0.2, 0.25) is 0 Å². The Balaban J connectivity index is 1.92. The lowest BCUT2D eigenvalue weighted by atomic mass is 9.70. The number of hydrogen-bond acceptors (Lipinski definition) is 5. The van der Waals surface area contributed by atoms with Crippen LogP contribution < -0.4 is 22.1 Å². The van der Waals surface area contributed by atoms with Gasteiger partial charge in [-0.2, -0.15) is 0 Å². The number of hydrogen-bond donors (Lipinski definition) is 4. The number of nitrogens with one attached hydrogen (secondary N) is 2. The molecule has 2 fully saturated rings.